The fraction of sp³-hybridized carbons (Fsp3) is 0.158. The molecule has 0 spiro atoms. The quantitative estimate of drug-likeness (QED) is 0.390. The van der Waals surface area contributed by atoms with Crippen LogP contribution < -0.4 is 16.4 Å². The summed E-state index contributed by atoms with van der Waals surface area (Å²) < 4.78 is 0. The molecule has 28 heavy (non-hydrogen) atoms. The van der Waals surface area contributed by atoms with Crippen LogP contribution in [0.15, 0.2) is 54.7 Å². The first-order valence-corrected chi connectivity index (χ1v) is 8.95. The van der Waals surface area contributed by atoms with E-state index in [0.29, 0.717) is 24.7 Å². The summed E-state index contributed by atoms with van der Waals surface area (Å²) in [5.41, 5.74) is 8.25. The van der Waals surface area contributed by atoms with Crippen molar-refractivity contribution in [3.63, 3.8) is 0 Å². The van der Waals surface area contributed by atoms with Gasteiger partial charge in [-0.05, 0) is 22.8 Å². The average Bonchev–Trinajstić information content (AvgIpc) is 2.72. The molecule has 0 saturated heterocycles. The van der Waals surface area contributed by atoms with Crippen molar-refractivity contribution in [1.29, 1.82) is 0 Å². The van der Waals surface area contributed by atoms with Crippen LogP contribution >= 0.6 is 11.6 Å². The highest BCUT2D eigenvalue weighted by Crippen LogP contribution is 2.23. The summed E-state index contributed by atoms with van der Waals surface area (Å²) >= 11 is 6.14. The molecule has 8 nitrogen and oxygen atoms in total. The van der Waals surface area contributed by atoms with E-state index in [4.69, 9.17) is 17.3 Å². The maximum atomic E-state index is 11.3. The zero-order chi connectivity index (χ0) is 19.9. The molecule has 0 bridgehead atoms. The Bertz CT molecular complexity index is 965. The summed E-state index contributed by atoms with van der Waals surface area (Å²) in [4.78, 5) is 19.0. The molecule has 0 radical (unpaired) electrons. The van der Waals surface area contributed by atoms with Crippen LogP contribution in [0.1, 0.15) is 16.7 Å². The topological polar surface area (TPSA) is 119 Å². The number of nitrogens with zero attached hydrogens (tertiary/aromatic N) is 3. The van der Waals surface area contributed by atoms with Crippen molar-refractivity contribution in [2.75, 3.05) is 10.6 Å². The number of anilines is 2. The van der Waals surface area contributed by atoms with Gasteiger partial charge in [0.2, 0.25) is 11.8 Å². The number of hydrogen-bond donors (Lipinski definition) is 3. The van der Waals surface area contributed by atoms with Crippen LogP contribution in [0.2, 0.25) is 5.02 Å². The Morgan fingerprint density at radius 3 is 2.43 bits per heavy atom. The zero-order valence-electron chi connectivity index (χ0n) is 14.9. The largest absolute Gasteiger partial charge is 0.360 e. The maximum absolute atomic E-state index is 11.3. The molecule has 0 aliphatic carbocycles. The normalized spacial score (nSPS) is 10.5. The van der Waals surface area contributed by atoms with Crippen LogP contribution in [0, 0.1) is 10.1 Å². The minimum Gasteiger partial charge on any atom is -0.360 e. The molecule has 0 saturated carbocycles. The summed E-state index contributed by atoms with van der Waals surface area (Å²) in [6.45, 7) is 1.25. The molecule has 0 fully saturated rings. The van der Waals surface area contributed by atoms with E-state index >= 15 is 0 Å². The Balaban J connectivity index is 1.73. The molecule has 3 rings (SSSR count). The number of aromatic nitrogens is 2. The molecule has 3 aromatic rings. The number of nitro groups is 1. The lowest BCUT2D eigenvalue weighted by molar-refractivity contribution is -0.384. The van der Waals surface area contributed by atoms with E-state index in [-0.39, 0.29) is 17.5 Å². The van der Waals surface area contributed by atoms with Crippen molar-refractivity contribution in [3.05, 3.63) is 86.6 Å². The van der Waals surface area contributed by atoms with Crippen LogP contribution in [0.5, 0.6) is 0 Å². The second-order valence-corrected chi connectivity index (χ2v) is 6.41. The Morgan fingerprint density at radius 1 is 1.04 bits per heavy atom. The van der Waals surface area contributed by atoms with Crippen molar-refractivity contribution in [2.45, 2.75) is 19.6 Å². The first-order chi connectivity index (χ1) is 13.6. The molecular formula is C19H19ClN6O2. The first-order valence-electron chi connectivity index (χ1n) is 8.57. The van der Waals surface area contributed by atoms with Crippen molar-refractivity contribution in [3.8, 4) is 0 Å². The Kier molecular flexibility index (Phi) is 6.36. The molecule has 1 aromatic heterocycles. The molecule has 0 atom stereocenters. The molecule has 4 N–H and O–H groups in total. The third kappa shape index (κ3) is 4.93. The van der Waals surface area contributed by atoms with E-state index in [9.17, 15) is 10.1 Å². The highest BCUT2D eigenvalue weighted by atomic mass is 35.5. The zero-order valence-corrected chi connectivity index (χ0v) is 15.7. The van der Waals surface area contributed by atoms with Gasteiger partial charge in [0.15, 0.2) is 0 Å². The fourth-order valence-electron chi connectivity index (χ4n) is 2.52. The molecular weight excluding hydrogens is 380 g/mol. The van der Waals surface area contributed by atoms with Crippen molar-refractivity contribution in [2.24, 2.45) is 5.73 Å². The van der Waals surface area contributed by atoms with E-state index in [2.05, 4.69) is 20.6 Å². The molecule has 2 aromatic carbocycles. The van der Waals surface area contributed by atoms with Crippen molar-refractivity contribution >= 4 is 29.1 Å². The van der Waals surface area contributed by atoms with E-state index < -0.39 is 4.92 Å². The van der Waals surface area contributed by atoms with Gasteiger partial charge in [-0.2, -0.15) is 4.98 Å². The number of rotatable bonds is 8. The lowest BCUT2D eigenvalue weighted by atomic mass is 10.1. The maximum Gasteiger partial charge on any atom is 0.329 e. The minimum absolute atomic E-state index is 0.143. The van der Waals surface area contributed by atoms with Gasteiger partial charge in [0.05, 0.1) is 4.92 Å². The van der Waals surface area contributed by atoms with Gasteiger partial charge in [-0.3, -0.25) is 10.1 Å². The minimum atomic E-state index is -0.516. The second kappa shape index (κ2) is 9.12. The van der Waals surface area contributed by atoms with Gasteiger partial charge in [-0.1, -0.05) is 54.1 Å². The number of halogens is 1. The van der Waals surface area contributed by atoms with Gasteiger partial charge in [-0.25, -0.2) is 4.98 Å². The molecule has 1 heterocycles. The lowest BCUT2D eigenvalue weighted by Gasteiger charge is -2.10. The van der Waals surface area contributed by atoms with E-state index in [1.807, 2.05) is 42.5 Å². The summed E-state index contributed by atoms with van der Waals surface area (Å²) in [5.74, 6) is 0.413. The van der Waals surface area contributed by atoms with Gasteiger partial charge in [0.25, 0.3) is 0 Å². The number of nitrogens with two attached hydrogens (primary N) is 1. The molecule has 9 heteroatoms. The van der Waals surface area contributed by atoms with Crippen LogP contribution in [0.25, 0.3) is 0 Å². The molecule has 0 aliphatic rings. The van der Waals surface area contributed by atoms with Crippen molar-refractivity contribution in [1.82, 2.24) is 9.97 Å². The lowest BCUT2D eigenvalue weighted by Crippen LogP contribution is -2.09. The monoisotopic (exact) mass is 398 g/mol. The van der Waals surface area contributed by atoms with Gasteiger partial charge in [0, 0.05) is 24.7 Å². The number of hydrogen-bond acceptors (Lipinski definition) is 7. The molecule has 0 aliphatic heterocycles. The highest BCUT2D eigenvalue weighted by Gasteiger charge is 2.17. The highest BCUT2D eigenvalue weighted by molar-refractivity contribution is 6.31. The fourth-order valence-corrected chi connectivity index (χ4v) is 2.72. The average molecular weight is 399 g/mol. The summed E-state index contributed by atoms with van der Waals surface area (Å²) in [7, 11) is 0. The van der Waals surface area contributed by atoms with E-state index in [0.717, 1.165) is 16.7 Å². The number of benzene rings is 2. The van der Waals surface area contributed by atoms with Gasteiger partial charge < -0.3 is 16.4 Å². The van der Waals surface area contributed by atoms with Crippen LogP contribution in [0.3, 0.4) is 0 Å². The summed E-state index contributed by atoms with van der Waals surface area (Å²) in [6.07, 6.45) is 1.18. The Labute approximate surface area is 166 Å². The van der Waals surface area contributed by atoms with Gasteiger partial charge >= 0.3 is 5.69 Å². The predicted octanol–water partition coefficient (Wildman–Crippen LogP) is 3.72. The van der Waals surface area contributed by atoms with Gasteiger partial charge in [0.1, 0.15) is 6.20 Å². The SMILES string of the molecule is NCc1ccc(CNc2nc(NCc3ccccc3Cl)ncc2[N+](=O)[O-])cc1. The first kappa shape index (κ1) is 19.5. The third-order valence-electron chi connectivity index (χ3n) is 4.08. The predicted molar refractivity (Wildman–Crippen MR) is 109 cm³/mol. The molecule has 0 amide bonds. The molecule has 0 unspecified atom stereocenters. The Hall–Kier alpha value is -3.23. The van der Waals surface area contributed by atoms with Gasteiger partial charge in [-0.15, -0.1) is 0 Å². The van der Waals surface area contributed by atoms with Crippen LogP contribution in [0.4, 0.5) is 17.5 Å². The smallest absolute Gasteiger partial charge is 0.329 e. The molecule has 144 valence electrons. The van der Waals surface area contributed by atoms with E-state index in [1.165, 1.54) is 6.20 Å². The summed E-state index contributed by atoms with van der Waals surface area (Å²) in [6, 6.07) is 15.1. The van der Waals surface area contributed by atoms with E-state index in [1.54, 1.807) is 6.07 Å². The second-order valence-electron chi connectivity index (χ2n) is 6.00. The van der Waals surface area contributed by atoms with Crippen molar-refractivity contribution < 1.29 is 4.92 Å². The third-order valence-corrected chi connectivity index (χ3v) is 4.45. The standard InChI is InChI=1S/C19H19ClN6O2/c20-16-4-2-1-3-15(16)11-23-19-24-12-17(26(27)28)18(25-19)22-10-14-7-5-13(9-21)6-8-14/h1-8,12H,9-11,21H2,(H2,22,23,24,25). The van der Waals surface area contributed by atoms with Crippen LogP contribution in [-0.2, 0) is 19.6 Å². The van der Waals surface area contributed by atoms with Crippen LogP contribution in [-0.4, -0.2) is 14.9 Å². The Morgan fingerprint density at radius 2 is 1.75 bits per heavy atom. The summed E-state index contributed by atoms with van der Waals surface area (Å²) in [5, 5.41) is 18.0. The number of nitrogens with one attached hydrogen (secondary N) is 2.